The van der Waals surface area contributed by atoms with Crippen molar-refractivity contribution in [2.24, 2.45) is 5.73 Å². The Morgan fingerprint density at radius 1 is 1.04 bits per heavy atom. The Labute approximate surface area is 164 Å². The summed E-state index contributed by atoms with van der Waals surface area (Å²) in [7, 11) is 0. The largest absolute Gasteiger partial charge is 0.444 e. The fraction of sp³-hybridized carbons (Fsp3) is 0.400. The average Bonchev–Trinajstić information content (AvgIpc) is 2.67. The number of nitrogens with zero attached hydrogens (tertiary/aromatic N) is 4. The highest BCUT2D eigenvalue weighted by atomic mass is 16.6. The topological polar surface area (TPSA) is 102 Å². The maximum absolute atomic E-state index is 12.2. The maximum atomic E-state index is 12.2. The van der Waals surface area contributed by atoms with Crippen LogP contribution in [0.4, 0.5) is 10.6 Å². The summed E-state index contributed by atoms with van der Waals surface area (Å²) < 4.78 is 5.43. The van der Waals surface area contributed by atoms with Gasteiger partial charge in [0.2, 0.25) is 5.91 Å². The molecule has 148 valence electrons. The summed E-state index contributed by atoms with van der Waals surface area (Å²) in [5.74, 6) is 0.287. The first kappa shape index (κ1) is 19.6. The van der Waals surface area contributed by atoms with Gasteiger partial charge in [0.25, 0.3) is 0 Å². The summed E-state index contributed by atoms with van der Waals surface area (Å²) >= 11 is 0. The molecule has 28 heavy (non-hydrogen) atoms. The van der Waals surface area contributed by atoms with Crippen molar-refractivity contribution in [2.45, 2.75) is 26.4 Å². The quantitative estimate of drug-likeness (QED) is 0.873. The number of piperazine rings is 1. The highest BCUT2D eigenvalue weighted by Gasteiger charge is 2.26. The van der Waals surface area contributed by atoms with E-state index >= 15 is 0 Å². The van der Waals surface area contributed by atoms with Crippen LogP contribution >= 0.6 is 0 Å². The summed E-state index contributed by atoms with van der Waals surface area (Å²) in [6.45, 7) is 8.01. The van der Waals surface area contributed by atoms with Crippen molar-refractivity contribution in [2.75, 3.05) is 31.1 Å². The number of rotatable bonds is 3. The molecule has 8 heteroatoms. The number of benzene rings is 1. The molecule has 0 spiro atoms. The van der Waals surface area contributed by atoms with Gasteiger partial charge in [0.1, 0.15) is 11.4 Å². The molecule has 3 rings (SSSR count). The van der Waals surface area contributed by atoms with Crippen LogP contribution in [-0.4, -0.2) is 58.6 Å². The first-order valence-electron chi connectivity index (χ1n) is 9.18. The lowest BCUT2D eigenvalue weighted by Gasteiger charge is -2.36. The van der Waals surface area contributed by atoms with Gasteiger partial charge in [0.05, 0.1) is 18.1 Å². The van der Waals surface area contributed by atoms with Crippen LogP contribution in [0.3, 0.4) is 0 Å². The molecule has 0 unspecified atom stereocenters. The third kappa shape index (κ3) is 4.76. The molecule has 2 N–H and O–H groups in total. The maximum Gasteiger partial charge on any atom is 0.410 e. The number of carbonyl (C=O) groups excluding carboxylic acids is 2. The highest BCUT2D eigenvalue weighted by molar-refractivity contribution is 5.93. The van der Waals surface area contributed by atoms with Gasteiger partial charge in [-0.25, -0.2) is 9.78 Å². The van der Waals surface area contributed by atoms with E-state index in [9.17, 15) is 9.59 Å². The molecule has 1 fully saturated rings. The van der Waals surface area contributed by atoms with E-state index in [0.717, 1.165) is 11.4 Å². The fourth-order valence-corrected chi connectivity index (χ4v) is 2.90. The minimum atomic E-state index is -0.502. The number of ether oxygens (including phenoxy) is 1. The first-order chi connectivity index (χ1) is 13.2. The zero-order valence-corrected chi connectivity index (χ0v) is 16.4. The molecule has 2 aromatic rings. The van der Waals surface area contributed by atoms with Crippen LogP contribution < -0.4 is 10.6 Å². The van der Waals surface area contributed by atoms with Crippen molar-refractivity contribution >= 4 is 17.8 Å². The lowest BCUT2D eigenvalue weighted by atomic mass is 10.1. The molecule has 8 nitrogen and oxygen atoms in total. The number of primary amides is 1. The third-order valence-electron chi connectivity index (χ3n) is 4.34. The van der Waals surface area contributed by atoms with Crippen molar-refractivity contribution in [1.82, 2.24) is 14.9 Å². The summed E-state index contributed by atoms with van der Waals surface area (Å²) in [5, 5.41) is 0. The molecule has 1 aliphatic heterocycles. The number of hydrogen-bond donors (Lipinski definition) is 1. The van der Waals surface area contributed by atoms with Crippen LogP contribution in [0.2, 0.25) is 0 Å². The van der Waals surface area contributed by atoms with E-state index in [1.54, 1.807) is 41.6 Å². The Morgan fingerprint density at radius 2 is 1.68 bits per heavy atom. The molecule has 0 atom stereocenters. The van der Waals surface area contributed by atoms with Crippen molar-refractivity contribution < 1.29 is 14.3 Å². The fourth-order valence-electron chi connectivity index (χ4n) is 2.90. The molecular weight excluding hydrogens is 358 g/mol. The van der Waals surface area contributed by atoms with E-state index in [-0.39, 0.29) is 6.09 Å². The standard InChI is InChI=1S/C20H25N5O3/c1-20(2,3)28-19(27)25-10-8-24(9-11-25)17-13-22-12-16(23-17)14-4-6-15(7-5-14)18(21)26/h4-7,12-13H,8-11H2,1-3H3,(H2,21,26). The number of aromatic nitrogens is 2. The van der Waals surface area contributed by atoms with E-state index in [1.807, 2.05) is 20.8 Å². The Hall–Kier alpha value is -3.16. The van der Waals surface area contributed by atoms with Gasteiger partial charge in [-0.2, -0.15) is 0 Å². The lowest BCUT2D eigenvalue weighted by molar-refractivity contribution is 0.0240. The molecule has 0 aliphatic carbocycles. The lowest BCUT2D eigenvalue weighted by Crippen LogP contribution is -2.50. The number of anilines is 1. The second-order valence-corrected chi connectivity index (χ2v) is 7.66. The van der Waals surface area contributed by atoms with Crippen LogP contribution in [-0.2, 0) is 4.74 Å². The van der Waals surface area contributed by atoms with Gasteiger partial charge in [0, 0.05) is 37.3 Å². The van der Waals surface area contributed by atoms with Crippen molar-refractivity contribution in [3.8, 4) is 11.3 Å². The number of carbonyl (C=O) groups is 2. The van der Waals surface area contributed by atoms with E-state index in [4.69, 9.17) is 10.5 Å². The van der Waals surface area contributed by atoms with Gasteiger partial charge in [-0.3, -0.25) is 9.78 Å². The van der Waals surface area contributed by atoms with Gasteiger partial charge in [-0.1, -0.05) is 12.1 Å². The monoisotopic (exact) mass is 383 g/mol. The zero-order valence-electron chi connectivity index (χ0n) is 16.4. The second kappa shape index (κ2) is 7.84. The smallest absolute Gasteiger partial charge is 0.410 e. The van der Waals surface area contributed by atoms with Crippen molar-refractivity contribution in [1.29, 1.82) is 0 Å². The summed E-state index contributed by atoms with van der Waals surface area (Å²) in [6, 6.07) is 6.94. The third-order valence-corrected chi connectivity index (χ3v) is 4.34. The van der Waals surface area contributed by atoms with Gasteiger partial charge in [-0.05, 0) is 32.9 Å². The average molecular weight is 383 g/mol. The molecule has 0 bridgehead atoms. The van der Waals surface area contributed by atoms with E-state index in [2.05, 4.69) is 14.9 Å². The van der Waals surface area contributed by atoms with Crippen LogP contribution in [0.25, 0.3) is 11.3 Å². The van der Waals surface area contributed by atoms with Crippen LogP contribution in [0, 0.1) is 0 Å². The van der Waals surface area contributed by atoms with Crippen molar-refractivity contribution in [3.05, 3.63) is 42.2 Å². The molecule has 1 saturated heterocycles. The summed E-state index contributed by atoms with van der Waals surface area (Å²) in [4.78, 5) is 36.2. The Bertz CT molecular complexity index is 853. The van der Waals surface area contributed by atoms with E-state index in [1.165, 1.54) is 0 Å². The minimum Gasteiger partial charge on any atom is -0.444 e. The molecule has 0 saturated carbocycles. The molecule has 1 aromatic heterocycles. The minimum absolute atomic E-state index is 0.290. The van der Waals surface area contributed by atoms with Gasteiger partial charge in [-0.15, -0.1) is 0 Å². The second-order valence-electron chi connectivity index (χ2n) is 7.66. The molecular formula is C20H25N5O3. The van der Waals surface area contributed by atoms with Gasteiger partial charge < -0.3 is 20.3 Å². The van der Waals surface area contributed by atoms with Crippen LogP contribution in [0.5, 0.6) is 0 Å². The Balaban J connectivity index is 1.67. The van der Waals surface area contributed by atoms with Crippen LogP contribution in [0.15, 0.2) is 36.7 Å². The Kier molecular flexibility index (Phi) is 5.48. The van der Waals surface area contributed by atoms with Gasteiger partial charge in [0.15, 0.2) is 0 Å². The normalized spacial score (nSPS) is 14.7. The molecule has 1 aliphatic rings. The number of amides is 2. The summed E-state index contributed by atoms with van der Waals surface area (Å²) in [6.07, 6.45) is 3.10. The molecule has 0 radical (unpaired) electrons. The molecule has 2 heterocycles. The van der Waals surface area contributed by atoms with Gasteiger partial charge >= 0.3 is 6.09 Å². The van der Waals surface area contributed by atoms with Crippen molar-refractivity contribution in [3.63, 3.8) is 0 Å². The number of nitrogens with two attached hydrogens (primary N) is 1. The molecule has 2 amide bonds. The predicted molar refractivity (Wildman–Crippen MR) is 106 cm³/mol. The van der Waals surface area contributed by atoms with Crippen LogP contribution in [0.1, 0.15) is 31.1 Å². The van der Waals surface area contributed by atoms with E-state index < -0.39 is 11.5 Å². The predicted octanol–water partition coefficient (Wildman–Crippen LogP) is 2.30. The molecule has 1 aromatic carbocycles. The SMILES string of the molecule is CC(C)(C)OC(=O)N1CCN(c2cncc(-c3ccc(C(N)=O)cc3)n2)CC1. The summed E-state index contributed by atoms with van der Waals surface area (Å²) in [5.41, 5.74) is 6.79. The zero-order chi connectivity index (χ0) is 20.3. The first-order valence-corrected chi connectivity index (χ1v) is 9.18. The highest BCUT2D eigenvalue weighted by Crippen LogP contribution is 2.21. The van der Waals surface area contributed by atoms with E-state index in [0.29, 0.717) is 37.4 Å². The number of hydrogen-bond acceptors (Lipinski definition) is 6. The Morgan fingerprint density at radius 3 is 2.25 bits per heavy atom.